The van der Waals surface area contributed by atoms with Gasteiger partial charge in [-0.3, -0.25) is 0 Å². The number of hydrogen-bond acceptors (Lipinski definition) is 4. The Morgan fingerprint density at radius 2 is 1.76 bits per heavy atom. The van der Waals surface area contributed by atoms with Crippen molar-refractivity contribution in [1.82, 2.24) is 5.32 Å². The van der Waals surface area contributed by atoms with Crippen LogP contribution in [0.15, 0.2) is 48.5 Å². The number of rotatable bonds is 11. The third-order valence-electron chi connectivity index (χ3n) is 3.60. The summed E-state index contributed by atoms with van der Waals surface area (Å²) in [5.41, 5.74) is 2.25. The SMILES string of the molecule is CCOc1cccc(CNCCCOC)c1OCc1ccccc1.Cl. The lowest BCUT2D eigenvalue weighted by atomic mass is 10.1. The first-order valence-corrected chi connectivity index (χ1v) is 8.46. The Kier molecular flexibility index (Phi) is 10.7. The van der Waals surface area contributed by atoms with Gasteiger partial charge in [-0.2, -0.15) is 0 Å². The summed E-state index contributed by atoms with van der Waals surface area (Å²) in [5.74, 6) is 1.62. The van der Waals surface area contributed by atoms with E-state index in [1.807, 2.05) is 37.3 Å². The number of hydrogen-bond donors (Lipinski definition) is 1. The fraction of sp³-hybridized carbons (Fsp3) is 0.400. The molecule has 0 atom stereocenters. The molecule has 2 aromatic carbocycles. The zero-order valence-corrected chi connectivity index (χ0v) is 15.8. The van der Waals surface area contributed by atoms with Crippen LogP contribution in [0.3, 0.4) is 0 Å². The molecule has 5 heteroatoms. The lowest BCUT2D eigenvalue weighted by Crippen LogP contribution is -2.17. The van der Waals surface area contributed by atoms with Crippen LogP contribution in [0.2, 0.25) is 0 Å². The van der Waals surface area contributed by atoms with Gasteiger partial charge in [0.25, 0.3) is 0 Å². The van der Waals surface area contributed by atoms with Crippen molar-refractivity contribution < 1.29 is 14.2 Å². The molecular formula is C20H28ClNO3. The summed E-state index contributed by atoms with van der Waals surface area (Å²) in [6.07, 6.45) is 0.988. The standard InChI is InChI=1S/C20H27NO3.ClH/c1-3-23-19-12-7-11-18(15-21-13-8-14-22-2)20(19)24-16-17-9-5-4-6-10-17;/h4-7,9-12,21H,3,8,13-16H2,1-2H3;1H. The van der Waals surface area contributed by atoms with Gasteiger partial charge in [-0.05, 0) is 31.5 Å². The molecular weight excluding hydrogens is 338 g/mol. The second kappa shape index (κ2) is 12.6. The molecule has 138 valence electrons. The van der Waals surface area contributed by atoms with Crippen LogP contribution in [0.5, 0.6) is 11.5 Å². The van der Waals surface area contributed by atoms with E-state index in [0.717, 1.165) is 48.7 Å². The Balaban J connectivity index is 0.00000312. The number of benzene rings is 2. The molecule has 0 spiro atoms. The molecule has 25 heavy (non-hydrogen) atoms. The van der Waals surface area contributed by atoms with Crippen LogP contribution < -0.4 is 14.8 Å². The van der Waals surface area contributed by atoms with E-state index >= 15 is 0 Å². The normalized spacial score (nSPS) is 10.2. The summed E-state index contributed by atoms with van der Waals surface area (Å²) in [6, 6.07) is 16.2. The van der Waals surface area contributed by atoms with E-state index in [1.54, 1.807) is 7.11 Å². The summed E-state index contributed by atoms with van der Waals surface area (Å²) in [6.45, 7) is 5.55. The largest absolute Gasteiger partial charge is 0.490 e. The first-order valence-electron chi connectivity index (χ1n) is 8.46. The molecule has 0 aromatic heterocycles. The molecule has 0 aliphatic heterocycles. The zero-order chi connectivity index (χ0) is 17.0. The summed E-state index contributed by atoms with van der Waals surface area (Å²) in [4.78, 5) is 0. The van der Waals surface area contributed by atoms with Gasteiger partial charge in [0.1, 0.15) is 6.61 Å². The average molecular weight is 366 g/mol. The Bertz CT molecular complexity index is 593. The third-order valence-corrected chi connectivity index (χ3v) is 3.60. The van der Waals surface area contributed by atoms with E-state index in [2.05, 4.69) is 23.5 Å². The highest BCUT2D eigenvalue weighted by Crippen LogP contribution is 2.32. The number of methoxy groups -OCH3 is 1. The number of para-hydroxylation sites is 1. The minimum atomic E-state index is 0. The number of ether oxygens (including phenoxy) is 3. The number of nitrogens with one attached hydrogen (secondary N) is 1. The first kappa shape index (κ1) is 21.3. The highest BCUT2D eigenvalue weighted by molar-refractivity contribution is 5.85. The maximum absolute atomic E-state index is 6.10. The van der Waals surface area contributed by atoms with Gasteiger partial charge >= 0.3 is 0 Å². The molecule has 0 radical (unpaired) electrons. The molecule has 0 unspecified atom stereocenters. The van der Waals surface area contributed by atoms with Gasteiger partial charge in [0.15, 0.2) is 11.5 Å². The lowest BCUT2D eigenvalue weighted by molar-refractivity contribution is 0.194. The van der Waals surface area contributed by atoms with E-state index in [1.165, 1.54) is 0 Å². The summed E-state index contributed by atoms with van der Waals surface area (Å²) >= 11 is 0. The van der Waals surface area contributed by atoms with Gasteiger partial charge in [-0.1, -0.05) is 42.5 Å². The van der Waals surface area contributed by atoms with Gasteiger partial charge in [0.05, 0.1) is 6.61 Å². The fourth-order valence-corrected chi connectivity index (χ4v) is 2.43. The van der Waals surface area contributed by atoms with Crippen LogP contribution in [-0.2, 0) is 17.9 Å². The highest BCUT2D eigenvalue weighted by atomic mass is 35.5. The smallest absolute Gasteiger partial charge is 0.166 e. The first-order chi connectivity index (χ1) is 11.8. The average Bonchev–Trinajstić information content (AvgIpc) is 2.62. The lowest BCUT2D eigenvalue weighted by Gasteiger charge is -2.16. The quantitative estimate of drug-likeness (QED) is 0.605. The van der Waals surface area contributed by atoms with E-state index in [4.69, 9.17) is 14.2 Å². The summed E-state index contributed by atoms with van der Waals surface area (Å²) in [7, 11) is 1.72. The Morgan fingerprint density at radius 1 is 0.960 bits per heavy atom. The van der Waals surface area contributed by atoms with Gasteiger partial charge in [0, 0.05) is 25.8 Å². The van der Waals surface area contributed by atoms with E-state index in [9.17, 15) is 0 Å². The maximum atomic E-state index is 6.10. The highest BCUT2D eigenvalue weighted by Gasteiger charge is 2.11. The minimum absolute atomic E-state index is 0. The molecule has 0 aliphatic carbocycles. The molecule has 1 N–H and O–H groups in total. The molecule has 2 aromatic rings. The van der Waals surface area contributed by atoms with E-state index in [-0.39, 0.29) is 12.4 Å². The van der Waals surface area contributed by atoms with Gasteiger partial charge < -0.3 is 19.5 Å². The van der Waals surface area contributed by atoms with Crippen molar-refractivity contribution in [2.75, 3.05) is 26.9 Å². The van der Waals surface area contributed by atoms with Crippen LogP contribution >= 0.6 is 12.4 Å². The molecule has 0 fully saturated rings. The van der Waals surface area contributed by atoms with Gasteiger partial charge in [-0.25, -0.2) is 0 Å². The Hall–Kier alpha value is -1.75. The molecule has 0 aliphatic rings. The van der Waals surface area contributed by atoms with Crippen LogP contribution in [0, 0.1) is 0 Å². The topological polar surface area (TPSA) is 39.7 Å². The molecule has 0 heterocycles. The summed E-state index contributed by atoms with van der Waals surface area (Å²) in [5, 5.41) is 3.43. The second-order valence-electron chi connectivity index (χ2n) is 5.47. The van der Waals surface area contributed by atoms with Crippen molar-refractivity contribution in [3.63, 3.8) is 0 Å². The fourth-order valence-electron chi connectivity index (χ4n) is 2.43. The van der Waals surface area contributed by atoms with Crippen molar-refractivity contribution in [1.29, 1.82) is 0 Å². The van der Waals surface area contributed by atoms with Crippen LogP contribution in [-0.4, -0.2) is 26.9 Å². The molecule has 0 bridgehead atoms. The number of halogens is 1. The molecule has 0 amide bonds. The molecule has 4 nitrogen and oxygen atoms in total. The molecule has 2 rings (SSSR count). The zero-order valence-electron chi connectivity index (χ0n) is 15.0. The van der Waals surface area contributed by atoms with Crippen LogP contribution in [0.25, 0.3) is 0 Å². The van der Waals surface area contributed by atoms with E-state index < -0.39 is 0 Å². The second-order valence-corrected chi connectivity index (χ2v) is 5.47. The monoisotopic (exact) mass is 365 g/mol. The molecule has 0 saturated heterocycles. The van der Waals surface area contributed by atoms with Gasteiger partial charge in [0.2, 0.25) is 0 Å². The van der Waals surface area contributed by atoms with Crippen LogP contribution in [0.4, 0.5) is 0 Å². The predicted octanol–water partition coefficient (Wildman–Crippen LogP) is 4.21. The van der Waals surface area contributed by atoms with Crippen molar-refractivity contribution in [2.45, 2.75) is 26.5 Å². The summed E-state index contributed by atoms with van der Waals surface area (Å²) < 4.78 is 16.9. The van der Waals surface area contributed by atoms with Crippen molar-refractivity contribution in [2.24, 2.45) is 0 Å². The van der Waals surface area contributed by atoms with Crippen molar-refractivity contribution in [3.8, 4) is 11.5 Å². The minimum Gasteiger partial charge on any atom is -0.490 e. The maximum Gasteiger partial charge on any atom is 0.166 e. The Labute approximate surface area is 156 Å². The van der Waals surface area contributed by atoms with Crippen LogP contribution in [0.1, 0.15) is 24.5 Å². The van der Waals surface area contributed by atoms with Crippen molar-refractivity contribution in [3.05, 3.63) is 59.7 Å². The Morgan fingerprint density at radius 3 is 2.48 bits per heavy atom. The van der Waals surface area contributed by atoms with E-state index in [0.29, 0.717) is 13.2 Å². The third kappa shape index (κ3) is 7.34. The predicted molar refractivity (Wildman–Crippen MR) is 104 cm³/mol. The molecule has 0 saturated carbocycles. The van der Waals surface area contributed by atoms with Gasteiger partial charge in [-0.15, -0.1) is 12.4 Å². The van der Waals surface area contributed by atoms with Crippen molar-refractivity contribution >= 4 is 12.4 Å².